The minimum Gasteiger partial charge on any atom is -0.493 e. The number of halogens is 4. The Balaban J connectivity index is 1.28. The van der Waals surface area contributed by atoms with E-state index in [2.05, 4.69) is 5.32 Å². The zero-order chi connectivity index (χ0) is 28.8. The van der Waals surface area contributed by atoms with E-state index in [1.807, 2.05) is 0 Å². The molecule has 5 atom stereocenters. The van der Waals surface area contributed by atoms with Crippen molar-refractivity contribution >= 4 is 39.2 Å². The third kappa shape index (κ3) is 5.70. The molecular weight excluding hydrogens is 575 g/mol. The fourth-order valence-corrected chi connectivity index (χ4v) is 6.59. The van der Waals surface area contributed by atoms with Crippen LogP contribution >= 0.6 is 11.6 Å². The molecule has 13 heteroatoms. The van der Waals surface area contributed by atoms with Crippen LogP contribution in [-0.4, -0.2) is 43.9 Å². The summed E-state index contributed by atoms with van der Waals surface area (Å²) in [5.41, 5.74) is -1.09. The van der Waals surface area contributed by atoms with Gasteiger partial charge < -0.3 is 19.6 Å². The van der Waals surface area contributed by atoms with Crippen molar-refractivity contribution in [3.8, 4) is 17.1 Å². The van der Waals surface area contributed by atoms with Crippen molar-refractivity contribution in [2.45, 2.75) is 36.7 Å². The van der Waals surface area contributed by atoms with Crippen molar-refractivity contribution in [3.63, 3.8) is 0 Å². The van der Waals surface area contributed by atoms with E-state index in [9.17, 15) is 36.3 Å². The Morgan fingerprint density at radius 2 is 1.95 bits per heavy atom. The first-order valence-corrected chi connectivity index (χ1v) is 14.2. The average Bonchev–Trinajstić information content (AvgIpc) is 3.65. The molecular formula is C27H25ClF3NO7S. The number of alkyl halides is 3. The van der Waals surface area contributed by atoms with Gasteiger partial charge in [0.2, 0.25) is 0 Å². The summed E-state index contributed by atoms with van der Waals surface area (Å²) < 4.78 is 74.5. The lowest BCUT2D eigenvalue weighted by Gasteiger charge is -2.43. The van der Waals surface area contributed by atoms with Gasteiger partial charge in [-0.1, -0.05) is 17.7 Å². The third-order valence-corrected chi connectivity index (χ3v) is 9.02. The number of carboxylic acids is 1. The third-order valence-electron chi connectivity index (χ3n) is 7.59. The number of fused-ring (bicyclic) bond motifs is 1. The second kappa shape index (κ2) is 11.1. The standard InChI is InChI=1S/C27H25ClF3NO7S/c28-18-4-1-3-14-20(33)12-22(39-25(14)18)15-6-5-13(27(29,30)31)9-21(15)38-8-2-7-32-19-10-17(26(34)35)24(19)16-11-23(16)40(36)37/h1,3-6,9,12,16-17,19,23-24,32,40H,2,7-8,10-11H2,(H,34,35). The first kappa shape index (κ1) is 28.4. The zero-order valence-electron chi connectivity index (χ0n) is 20.8. The van der Waals surface area contributed by atoms with E-state index in [1.165, 1.54) is 24.3 Å². The molecule has 2 aliphatic rings. The smallest absolute Gasteiger partial charge is 0.416 e. The molecule has 0 aliphatic heterocycles. The molecule has 5 unspecified atom stereocenters. The van der Waals surface area contributed by atoms with Crippen LogP contribution in [0.4, 0.5) is 13.2 Å². The summed E-state index contributed by atoms with van der Waals surface area (Å²) in [6.07, 6.45) is -3.42. The van der Waals surface area contributed by atoms with E-state index < -0.39 is 45.0 Å². The molecule has 2 N–H and O–H groups in total. The monoisotopic (exact) mass is 599 g/mol. The molecule has 40 heavy (non-hydrogen) atoms. The number of ether oxygens (including phenoxy) is 1. The van der Waals surface area contributed by atoms with Gasteiger partial charge in [-0.15, -0.1) is 0 Å². The molecule has 0 saturated heterocycles. The van der Waals surface area contributed by atoms with Gasteiger partial charge in [-0.3, -0.25) is 9.59 Å². The number of aliphatic carboxylic acids is 1. The molecule has 0 bridgehead atoms. The molecule has 0 spiro atoms. The maximum absolute atomic E-state index is 13.4. The van der Waals surface area contributed by atoms with Crippen molar-refractivity contribution < 1.29 is 40.6 Å². The van der Waals surface area contributed by atoms with Crippen molar-refractivity contribution in [3.05, 3.63) is 63.3 Å². The van der Waals surface area contributed by atoms with E-state index in [4.69, 9.17) is 20.8 Å². The second-order valence-corrected chi connectivity index (χ2v) is 11.7. The molecule has 8 nitrogen and oxygen atoms in total. The highest BCUT2D eigenvalue weighted by Gasteiger charge is 2.57. The van der Waals surface area contributed by atoms with Gasteiger partial charge in [0.05, 0.1) is 39.3 Å². The Morgan fingerprint density at radius 1 is 1.18 bits per heavy atom. The van der Waals surface area contributed by atoms with Crippen LogP contribution in [0.2, 0.25) is 5.02 Å². The highest BCUT2D eigenvalue weighted by atomic mass is 35.5. The molecule has 2 aromatic carbocycles. The van der Waals surface area contributed by atoms with Gasteiger partial charge in [0.15, 0.2) is 11.0 Å². The van der Waals surface area contributed by atoms with Crippen LogP contribution in [0.25, 0.3) is 22.3 Å². The summed E-state index contributed by atoms with van der Waals surface area (Å²) in [5, 5.41) is 12.6. The van der Waals surface area contributed by atoms with Gasteiger partial charge >= 0.3 is 12.1 Å². The van der Waals surface area contributed by atoms with Crippen molar-refractivity contribution in [2.75, 3.05) is 13.2 Å². The molecule has 214 valence electrons. The second-order valence-electron chi connectivity index (χ2n) is 10.1. The van der Waals surface area contributed by atoms with E-state index in [0.717, 1.165) is 12.1 Å². The average molecular weight is 600 g/mol. The predicted molar refractivity (Wildman–Crippen MR) is 141 cm³/mol. The highest BCUT2D eigenvalue weighted by molar-refractivity contribution is 7.73. The van der Waals surface area contributed by atoms with Gasteiger partial charge in [-0.05, 0) is 68.0 Å². The number of thiol groups is 1. The topological polar surface area (TPSA) is 123 Å². The van der Waals surface area contributed by atoms with Crippen LogP contribution in [0.15, 0.2) is 51.7 Å². The Bertz CT molecular complexity index is 1580. The van der Waals surface area contributed by atoms with Gasteiger partial charge in [0.1, 0.15) is 22.2 Å². The number of carboxylic acid groups (broad SMARTS) is 1. The largest absolute Gasteiger partial charge is 0.493 e. The Hall–Kier alpha value is -3.09. The quantitative estimate of drug-likeness (QED) is 0.229. The summed E-state index contributed by atoms with van der Waals surface area (Å²) in [6, 6.07) is 8.55. The van der Waals surface area contributed by atoms with Crippen molar-refractivity contribution in [1.82, 2.24) is 5.32 Å². The highest BCUT2D eigenvalue weighted by Crippen LogP contribution is 2.52. The first-order chi connectivity index (χ1) is 19.0. The molecule has 3 aromatic rings. The van der Waals surface area contributed by atoms with Crippen molar-refractivity contribution in [2.24, 2.45) is 17.8 Å². The van der Waals surface area contributed by atoms with Crippen LogP contribution in [0.5, 0.6) is 5.75 Å². The minimum absolute atomic E-state index is 0.000154. The molecule has 0 amide bonds. The summed E-state index contributed by atoms with van der Waals surface area (Å²) in [6.45, 7) is 0.390. The fraction of sp³-hybridized carbons (Fsp3) is 0.407. The van der Waals surface area contributed by atoms with Gasteiger partial charge in [0.25, 0.3) is 0 Å². The normalized spacial score (nSPS) is 24.2. The van der Waals surface area contributed by atoms with Crippen LogP contribution in [0.1, 0.15) is 24.8 Å². The van der Waals surface area contributed by atoms with Crippen LogP contribution in [-0.2, 0) is 21.7 Å². The maximum atomic E-state index is 13.4. The molecule has 2 fully saturated rings. The summed E-state index contributed by atoms with van der Waals surface area (Å²) in [4.78, 5) is 24.2. The van der Waals surface area contributed by atoms with Crippen LogP contribution in [0, 0.1) is 17.8 Å². The van der Waals surface area contributed by atoms with Gasteiger partial charge in [-0.25, -0.2) is 8.42 Å². The molecule has 2 saturated carbocycles. The summed E-state index contributed by atoms with van der Waals surface area (Å²) >= 11 is 6.17. The van der Waals surface area contributed by atoms with E-state index >= 15 is 0 Å². The van der Waals surface area contributed by atoms with Crippen LogP contribution < -0.4 is 15.5 Å². The lowest BCUT2D eigenvalue weighted by molar-refractivity contribution is -0.150. The van der Waals surface area contributed by atoms with E-state index in [0.29, 0.717) is 25.8 Å². The molecule has 5 rings (SSSR count). The summed E-state index contributed by atoms with van der Waals surface area (Å²) in [7, 11) is -2.60. The lowest BCUT2D eigenvalue weighted by atomic mass is 9.66. The lowest BCUT2D eigenvalue weighted by Crippen LogP contribution is -2.54. The number of hydrogen-bond donors (Lipinski definition) is 3. The van der Waals surface area contributed by atoms with Gasteiger partial charge in [0, 0.05) is 12.1 Å². The molecule has 1 aromatic heterocycles. The Morgan fingerprint density at radius 3 is 2.62 bits per heavy atom. The number of carbonyl (C=O) groups is 1. The summed E-state index contributed by atoms with van der Waals surface area (Å²) in [5.74, 6) is -2.14. The Kier molecular flexibility index (Phi) is 7.86. The zero-order valence-corrected chi connectivity index (χ0v) is 22.5. The number of hydrogen-bond acceptors (Lipinski definition) is 7. The Labute approximate surface area is 233 Å². The molecule has 0 radical (unpaired) electrons. The maximum Gasteiger partial charge on any atom is 0.416 e. The number of rotatable bonds is 10. The van der Waals surface area contributed by atoms with Gasteiger partial charge in [-0.2, -0.15) is 13.2 Å². The molecule has 1 heterocycles. The number of benzene rings is 2. The number of nitrogens with one attached hydrogen (secondary N) is 1. The van der Waals surface area contributed by atoms with E-state index in [-0.39, 0.29) is 57.5 Å². The first-order valence-electron chi connectivity index (χ1n) is 12.6. The molecule has 2 aliphatic carbocycles. The predicted octanol–water partition coefficient (Wildman–Crippen LogP) is 4.58. The number of para-hydroxylation sites is 1. The minimum atomic E-state index is -4.62. The fourth-order valence-electron chi connectivity index (χ4n) is 5.45. The van der Waals surface area contributed by atoms with Crippen LogP contribution in [0.3, 0.4) is 0 Å². The van der Waals surface area contributed by atoms with E-state index in [1.54, 1.807) is 6.07 Å². The van der Waals surface area contributed by atoms with Crippen molar-refractivity contribution in [1.29, 1.82) is 0 Å². The SMILES string of the molecule is O=C(O)C1CC(NCCCOc2cc(C(F)(F)F)ccc2-c2cc(=O)c3cccc(Cl)c3o2)C1C1CC1[SH](=O)=O.